The second-order valence-electron chi connectivity index (χ2n) is 3.81. The van der Waals surface area contributed by atoms with Crippen LogP contribution in [-0.4, -0.2) is 29.6 Å². The average molecular weight is 243 g/mol. The monoisotopic (exact) mass is 243 g/mol. The zero-order chi connectivity index (χ0) is 12.8. The standard InChI is InChI=1S/C12H15F2NO2/c1-15(12(17)3-2-6-16)8-9-4-5-10(13)7-11(9)14/h4-5,7,16H,2-3,6,8H2,1H3. The lowest BCUT2D eigenvalue weighted by molar-refractivity contribution is -0.130. The van der Waals surface area contributed by atoms with Gasteiger partial charge in [-0.2, -0.15) is 0 Å². The highest BCUT2D eigenvalue weighted by Gasteiger charge is 2.11. The molecule has 1 aromatic rings. The fourth-order valence-corrected chi connectivity index (χ4v) is 1.41. The first-order valence-electron chi connectivity index (χ1n) is 5.33. The van der Waals surface area contributed by atoms with E-state index in [9.17, 15) is 13.6 Å². The van der Waals surface area contributed by atoms with Crippen LogP contribution in [0.2, 0.25) is 0 Å². The first-order valence-corrected chi connectivity index (χ1v) is 5.33. The number of aliphatic hydroxyl groups excluding tert-OH is 1. The van der Waals surface area contributed by atoms with Gasteiger partial charge in [-0.15, -0.1) is 0 Å². The molecule has 0 radical (unpaired) electrons. The van der Waals surface area contributed by atoms with Crippen molar-refractivity contribution in [2.45, 2.75) is 19.4 Å². The fraction of sp³-hybridized carbons (Fsp3) is 0.417. The molecule has 5 heteroatoms. The SMILES string of the molecule is CN(Cc1ccc(F)cc1F)C(=O)CCCO. The van der Waals surface area contributed by atoms with Crippen molar-refractivity contribution in [2.75, 3.05) is 13.7 Å². The van der Waals surface area contributed by atoms with Crippen molar-refractivity contribution in [1.82, 2.24) is 4.90 Å². The summed E-state index contributed by atoms with van der Waals surface area (Å²) in [5.74, 6) is -1.48. The quantitative estimate of drug-likeness (QED) is 0.855. The van der Waals surface area contributed by atoms with Gasteiger partial charge in [-0.05, 0) is 12.5 Å². The van der Waals surface area contributed by atoms with Crippen LogP contribution >= 0.6 is 0 Å². The Labute approximate surface area is 98.7 Å². The van der Waals surface area contributed by atoms with Gasteiger partial charge in [0.1, 0.15) is 11.6 Å². The molecular weight excluding hydrogens is 228 g/mol. The zero-order valence-corrected chi connectivity index (χ0v) is 9.62. The van der Waals surface area contributed by atoms with Crippen molar-refractivity contribution in [2.24, 2.45) is 0 Å². The Morgan fingerprint density at radius 3 is 2.71 bits per heavy atom. The summed E-state index contributed by atoms with van der Waals surface area (Å²) in [6.07, 6.45) is 0.602. The van der Waals surface area contributed by atoms with Gasteiger partial charge in [0.25, 0.3) is 0 Å². The van der Waals surface area contributed by atoms with Crippen LogP contribution < -0.4 is 0 Å². The Bertz CT molecular complexity index is 396. The summed E-state index contributed by atoms with van der Waals surface area (Å²) in [6, 6.07) is 3.27. The smallest absolute Gasteiger partial charge is 0.222 e. The van der Waals surface area contributed by atoms with E-state index in [-0.39, 0.29) is 31.0 Å². The molecule has 0 aliphatic rings. The van der Waals surface area contributed by atoms with E-state index in [1.807, 2.05) is 0 Å². The molecule has 0 bridgehead atoms. The Kier molecular flexibility index (Phi) is 5.03. The van der Waals surface area contributed by atoms with Crippen LogP contribution in [0.4, 0.5) is 8.78 Å². The maximum absolute atomic E-state index is 13.3. The van der Waals surface area contributed by atoms with Crippen LogP contribution in [0, 0.1) is 11.6 Å². The molecule has 0 aliphatic heterocycles. The summed E-state index contributed by atoms with van der Waals surface area (Å²) in [6.45, 7) is 0.0425. The summed E-state index contributed by atoms with van der Waals surface area (Å²) < 4.78 is 26.0. The van der Waals surface area contributed by atoms with Gasteiger partial charge in [0.2, 0.25) is 5.91 Å². The second kappa shape index (κ2) is 6.30. The maximum atomic E-state index is 13.3. The molecule has 0 aliphatic carbocycles. The van der Waals surface area contributed by atoms with Gasteiger partial charge in [0, 0.05) is 38.2 Å². The highest BCUT2D eigenvalue weighted by atomic mass is 19.1. The lowest BCUT2D eigenvalue weighted by atomic mass is 10.2. The minimum atomic E-state index is -0.660. The number of aliphatic hydroxyl groups is 1. The number of halogens is 2. The normalized spacial score (nSPS) is 10.4. The van der Waals surface area contributed by atoms with Crippen molar-refractivity contribution < 1.29 is 18.7 Å². The van der Waals surface area contributed by atoms with E-state index in [2.05, 4.69) is 0 Å². The number of hydrogen-bond donors (Lipinski definition) is 1. The van der Waals surface area contributed by atoms with Gasteiger partial charge < -0.3 is 10.0 Å². The number of carbonyl (C=O) groups excluding carboxylic acids is 1. The third-order valence-electron chi connectivity index (χ3n) is 2.40. The molecule has 94 valence electrons. The lowest BCUT2D eigenvalue weighted by Gasteiger charge is -2.17. The van der Waals surface area contributed by atoms with Gasteiger partial charge in [0.15, 0.2) is 0 Å². The maximum Gasteiger partial charge on any atom is 0.222 e. The molecule has 0 unspecified atom stereocenters. The molecule has 0 spiro atoms. The molecule has 1 amide bonds. The number of hydrogen-bond acceptors (Lipinski definition) is 2. The summed E-state index contributed by atoms with van der Waals surface area (Å²) in [7, 11) is 1.54. The van der Waals surface area contributed by atoms with E-state index in [0.29, 0.717) is 6.42 Å². The van der Waals surface area contributed by atoms with Gasteiger partial charge in [-0.3, -0.25) is 4.79 Å². The van der Waals surface area contributed by atoms with E-state index in [1.165, 1.54) is 11.0 Å². The first-order chi connectivity index (χ1) is 8.04. The van der Waals surface area contributed by atoms with Crippen molar-refractivity contribution in [3.8, 4) is 0 Å². The number of nitrogens with zero attached hydrogens (tertiary/aromatic N) is 1. The summed E-state index contributed by atoms with van der Waals surface area (Å²) >= 11 is 0. The number of benzene rings is 1. The molecule has 0 heterocycles. The molecule has 3 nitrogen and oxygen atoms in total. The largest absolute Gasteiger partial charge is 0.396 e. The third kappa shape index (κ3) is 4.11. The first kappa shape index (κ1) is 13.6. The summed E-state index contributed by atoms with van der Waals surface area (Å²) in [5, 5.41) is 8.59. The molecule has 1 N–H and O–H groups in total. The molecule has 0 atom stereocenters. The number of carbonyl (C=O) groups is 1. The van der Waals surface area contributed by atoms with Crippen LogP contribution in [-0.2, 0) is 11.3 Å². The minimum absolute atomic E-state index is 0.0511. The van der Waals surface area contributed by atoms with E-state index < -0.39 is 11.6 Å². The molecule has 0 fully saturated rings. The fourth-order valence-electron chi connectivity index (χ4n) is 1.41. The van der Waals surface area contributed by atoms with E-state index >= 15 is 0 Å². The zero-order valence-electron chi connectivity index (χ0n) is 9.62. The van der Waals surface area contributed by atoms with Gasteiger partial charge in [-0.1, -0.05) is 6.07 Å². The highest BCUT2D eigenvalue weighted by Crippen LogP contribution is 2.12. The van der Waals surface area contributed by atoms with Crippen LogP contribution in [0.15, 0.2) is 18.2 Å². The van der Waals surface area contributed by atoms with Gasteiger partial charge in [-0.25, -0.2) is 8.78 Å². The Morgan fingerprint density at radius 1 is 1.41 bits per heavy atom. The second-order valence-corrected chi connectivity index (χ2v) is 3.81. The van der Waals surface area contributed by atoms with Gasteiger partial charge in [0.05, 0.1) is 0 Å². The van der Waals surface area contributed by atoms with E-state index in [4.69, 9.17) is 5.11 Å². The Balaban J connectivity index is 2.61. The molecule has 1 aromatic carbocycles. The van der Waals surface area contributed by atoms with Crippen molar-refractivity contribution in [1.29, 1.82) is 0 Å². The highest BCUT2D eigenvalue weighted by molar-refractivity contribution is 5.75. The molecule has 0 saturated heterocycles. The van der Waals surface area contributed by atoms with Crippen LogP contribution in [0.5, 0.6) is 0 Å². The molecule has 1 rings (SSSR count). The third-order valence-corrected chi connectivity index (χ3v) is 2.40. The van der Waals surface area contributed by atoms with E-state index in [1.54, 1.807) is 7.05 Å². The molecule has 0 saturated carbocycles. The number of rotatable bonds is 5. The predicted octanol–water partition coefficient (Wildman–Crippen LogP) is 1.70. The molecular formula is C12H15F2NO2. The molecule has 0 aromatic heterocycles. The lowest BCUT2D eigenvalue weighted by Crippen LogP contribution is -2.26. The predicted molar refractivity (Wildman–Crippen MR) is 59.2 cm³/mol. The van der Waals surface area contributed by atoms with Crippen molar-refractivity contribution in [3.63, 3.8) is 0 Å². The van der Waals surface area contributed by atoms with E-state index in [0.717, 1.165) is 12.1 Å². The van der Waals surface area contributed by atoms with Crippen LogP contribution in [0.25, 0.3) is 0 Å². The Morgan fingerprint density at radius 2 is 2.12 bits per heavy atom. The van der Waals surface area contributed by atoms with Crippen molar-refractivity contribution in [3.05, 3.63) is 35.4 Å². The summed E-state index contributed by atoms with van der Waals surface area (Å²) in [5.41, 5.74) is 0.270. The summed E-state index contributed by atoms with van der Waals surface area (Å²) in [4.78, 5) is 12.9. The number of amides is 1. The topological polar surface area (TPSA) is 40.5 Å². The van der Waals surface area contributed by atoms with Gasteiger partial charge >= 0.3 is 0 Å². The average Bonchev–Trinajstić information content (AvgIpc) is 2.29. The minimum Gasteiger partial charge on any atom is -0.396 e. The van der Waals surface area contributed by atoms with Crippen molar-refractivity contribution >= 4 is 5.91 Å². The molecule has 17 heavy (non-hydrogen) atoms. The van der Waals surface area contributed by atoms with Crippen LogP contribution in [0.3, 0.4) is 0 Å². The van der Waals surface area contributed by atoms with Crippen LogP contribution in [0.1, 0.15) is 18.4 Å². The Hall–Kier alpha value is -1.49.